The summed E-state index contributed by atoms with van der Waals surface area (Å²) in [6, 6.07) is 4.17. The third kappa shape index (κ3) is 3.25. The summed E-state index contributed by atoms with van der Waals surface area (Å²) in [6.45, 7) is 4.08. The lowest BCUT2D eigenvalue weighted by Gasteiger charge is -2.32. The van der Waals surface area contributed by atoms with Crippen molar-refractivity contribution in [1.29, 1.82) is 0 Å². The minimum absolute atomic E-state index is 0.0106. The molecule has 1 aromatic carbocycles. The third-order valence-corrected chi connectivity index (χ3v) is 5.24. The zero-order chi connectivity index (χ0) is 15.6. The summed E-state index contributed by atoms with van der Waals surface area (Å²) >= 11 is 0. The van der Waals surface area contributed by atoms with Crippen molar-refractivity contribution in [3.63, 3.8) is 0 Å². The second-order valence-electron chi connectivity index (χ2n) is 5.05. The maximum absolute atomic E-state index is 12.8. The molecule has 1 aliphatic heterocycles. The van der Waals surface area contributed by atoms with E-state index in [0.717, 1.165) is 15.4 Å². The Morgan fingerprint density at radius 3 is 2.48 bits per heavy atom. The van der Waals surface area contributed by atoms with Gasteiger partial charge in [-0.2, -0.15) is 4.31 Å². The fourth-order valence-corrected chi connectivity index (χ4v) is 4.15. The van der Waals surface area contributed by atoms with Crippen LogP contribution in [0.15, 0.2) is 23.1 Å². The molecule has 1 atom stereocenters. The van der Waals surface area contributed by atoms with E-state index >= 15 is 0 Å². The van der Waals surface area contributed by atoms with Crippen molar-refractivity contribution in [3.8, 4) is 0 Å². The summed E-state index contributed by atoms with van der Waals surface area (Å²) < 4.78 is 36.6. The summed E-state index contributed by atoms with van der Waals surface area (Å²) in [7, 11) is -2.52. The molecular weight excluding hydrogens is 294 g/mol. The Balaban J connectivity index is 2.42. The van der Waals surface area contributed by atoms with Crippen LogP contribution in [0.4, 0.5) is 0 Å². The van der Waals surface area contributed by atoms with Gasteiger partial charge in [-0.05, 0) is 37.1 Å². The predicted molar refractivity (Wildman–Crippen MR) is 76.4 cm³/mol. The van der Waals surface area contributed by atoms with E-state index in [1.165, 1.54) is 7.11 Å². The highest BCUT2D eigenvalue weighted by Crippen LogP contribution is 2.23. The van der Waals surface area contributed by atoms with E-state index in [4.69, 9.17) is 4.74 Å². The average molecular weight is 313 g/mol. The Bertz CT molecular complexity index is 621. The summed E-state index contributed by atoms with van der Waals surface area (Å²) in [5, 5.41) is 0. The predicted octanol–water partition coefficient (Wildman–Crippen LogP) is 0.866. The molecule has 2 rings (SSSR count). The van der Waals surface area contributed by atoms with E-state index in [-0.39, 0.29) is 24.7 Å². The van der Waals surface area contributed by atoms with Crippen molar-refractivity contribution in [2.75, 3.05) is 26.9 Å². The van der Waals surface area contributed by atoms with Crippen LogP contribution in [0.1, 0.15) is 11.1 Å². The lowest BCUT2D eigenvalue weighted by Crippen LogP contribution is -2.52. The first-order chi connectivity index (χ1) is 9.86. The number of methoxy groups -OCH3 is 1. The quantitative estimate of drug-likeness (QED) is 0.774. The topological polar surface area (TPSA) is 72.9 Å². The molecular formula is C14H19NO5S. The molecule has 6 nitrogen and oxygen atoms in total. The molecule has 21 heavy (non-hydrogen) atoms. The number of aryl methyl sites for hydroxylation is 2. The molecule has 0 spiro atoms. The average Bonchev–Trinajstić information content (AvgIpc) is 2.45. The molecule has 1 aromatic rings. The SMILES string of the molecule is COC(=O)C1COCCN1S(=O)(=O)c1cc(C)cc(C)c1. The normalized spacial score (nSPS) is 20.2. The lowest BCUT2D eigenvalue weighted by molar-refractivity contribution is -0.149. The molecule has 0 aliphatic carbocycles. The van der Waals surface area contributed by atoms with E-state index in [2.05, 4.69) is 4.74 Å². The number of rotatable bonds is 3. The summed E-state index contributed by atoms with van der Waals surface area (Å²) in [6.07, 6.45) is 0. The molecule has 1 aliphatic rings. The Morgan fingerprint density at radius 1 is 1.29 bits per heavy atom. The number of hydrogen-bond donors (Lipinski definition) is 0. The number of nitrogens with zero attached hydrogens (tertiary/aromatic N) is 1. The molecule has 1 fully saturated rings. The zero-order valence-corrected chi connectivity index (χ0v) is 13.1. The maximum atomic E-state index is 12.8. The number of hydrogen-bond acceptors (Lipinski definition) is 5. The lowest BCUT2D eigenvalue weighted by atomic mass is 10.2. The molecule has 116 valence electrons. The zero-order valence-electron chi connectivity index (χ0n) is 12.3. The van der Waals surface area contributed by atoms with Crippen LogP contribution in [-0.2, 0) is 24.3 Å². The first-order valence-electron chi connectivity index (χ1n) is 6.62. The Labute approximate surface area is 124 Å². The van der Waals surface area contributed by atoms with Gasteiger partial charge in [0.1, 0.15) is 6.04 Å². The van der Waals surface area contributed by atoms with E-state index in [9.17, 15) is 13.2 Å². The highest BCUT2D eigenvalue weighted by molar-refractivity contribution is 7.89. The van der Waals surface area contributed by atoms with Gasteiger partial charge in [-0.25, -0.2) is 8.42 Å². The van der Waals surface area contributed by atoms with E-state index in [1.807, 2.05) is 19.9 Å². The first-order valence-corrected chi connectivity index (χ1v) is 8.06. The number of carbonyl (C=O) groups is 1. The van der Waals surface area contributed by atoms with Gasteiger partial charge in [0.15, 0.2) is 0 Å². The first kappa shape index (κ1) is 15.9. The van der Waals surface area contributed by atoms with Crippen molar-refractivity contribution in [2.45, 2.75) is 24.8 Å². The number of ether oxygens (including phenoxy) is 2. The molecule has 0 bridgehead atoms. The molecule has 0 radical (unpaired) electrons. The maximum Gasteiger partial charge on any atom is 0.326 e. The van der Waals surface area contributed by atoms with E-state index in [1.54, 1.807) is 12.1 Å². The number of morpholine rings is 1. The highest BCUT2D eigenvalue weighted by atomic mass is 32.2. The molecule has 1 unspecified atom stereocenters. The Morgan fingerprint density at radius 2 is 1.90 bits per heavy atom. The molecule has 1 saturated heterocycles. The standard InChI is InChI=1S/C14H19NO5S/c1-10-6-11(2)8-12(7-10)21(17,18)15-4-5-20-9-13(15)14(16)19-3/h6-8,13H,4-5,9H2,1-3H3. The van der Waals surface area contributed by atoms with Crippen molar-refractivity contribution in [3.05, 3.63) is 29.3 Å². The molecule has 0 N–H and O–H groups in total. The van der Waals surface area contributed by atoms with Crippen LogP contribution in [0.5, 0.6) is 0 Å². The van der Waals surface area contributed by atoms with Gasteiger partial charge in [0.05, 0.1) is 25.2 Å². The Hall–Kier alpha value is -1.44. The van der Waals surface area contributed by atoms with Crippen LogP contribution in [0, 0.1) is 13.8 Å². The summed E-state index contributed by atoms with van der Waals surface area (Å²) in [4.78, 5) is 12.0. The van der Waals surface area contributed by atoms with Gasteiger partial charge >= 0.3 is 5.97 Å². The van der Waals surface area contributed by atoms with Crippen LogP contribution in [0.2, 0.25) is 0 Å². The Kier molecular flexibility index (Phi) is 4.65. The van der Waals surface area contributed by atoms with Gasteiger partial charge in [-0.15, -0.1) is 0 Å². The van der Waals surface area contributed by atoms with Gasteiger partial charge in [0.25, 0.3) is 0 Å². The summed E-state index contributed by atoms with van der Waals surface area (Å²) in [5.74, 6) is -0.609. The van der Waals surface area contributed by atoms with Gasteiger partial charge in [-0.3, -0.25) is 4.79 Å². The van der Waals surface area contributed by atoms with Crippen molar-refractivity contribution in [1.82, 2.24) is 4.31 Å². The third-order valence-electron chi connectivity index (χ3n) is 3.35. The van der Waals surface area contributed by atoms with Gasteiger partial charge < -0.3 is 9.47 Å². The van der Waals surface area contributed by atoms with E-state index in [0.29, 0.717) is 0 Å². The second kappa shape index (κ2) is 6.13. The molecule has 1 heterocycles. The van der Waals surface area contributed by atoms with Crippen LogP contribution in [0.25, 0.3) is 0 Å². The van der Waals surface area contributed by atoms with Crippen LogP contribution in [0.3, 0.4) is 0 Å². The smallest absolute Gasteiger partial charge is 0.326 e. The van der Waals surface area contributed by atoms with Crippen molar-refractivity contribution >= 4 is 16.0 Å². The highest BCUT2D eigenvalue weighted by Gasteiger charge is 2.39. The van der Waals surface area contributed by atoms with Gasteiger partial charge in [0.2, 0.25) is 10.0 Å². The van der Waals surface area contributed by atoms with E-state index < -0.39 is 22.0 Å². The monoisotopic (exact) mass is 313 g/mol. The number of benzene rings is 1. The largest absolute Gasteiger partial charge is 0.468 e. The molecule has 0 amide bonds. The molecule has 0 aromatic heterocycles. The van der Waals surface area contributed by atoms with Crippen LogP contribution in [-0.4, -0.2) is 51.6 Å². The second-order valence-corrected chi connectivity index (χ2v) is 6.94. The van der Waals surface area contributed by atoms with Gasteiger partial charge in [0, 0.05) is 6.54 Å². The number of carbonyl (C=O) groups excluding carboxylic acids is 1. The molecule has 0 saturated carbocycles. The van der Waals surface area contributed by atoms with Crippen LogP contribution >= 0.6 is 0 Å². The summed E-state index contributed by atoms with van der Waals surface area (Å²) in [5.41, 5.74) is 1.72. The fourth-order valence-electron chi connectivity index (χ4n) is 2.42. The van der Waals surface area contributed by atoms with Gasteiger partial charge in [-0.1, -0.05) is 6.07 Å². The van der Waals surface area contributed by atoms with Crippen molar-refractivity contribution in [2.24, 2.45) is 0 Å². The molecule has 7 heteroatoms. The number of sulfonamides is 1. The van der Waals surface area contributed by atoms with Crippen LogP contribution < -0.4 is 0 Å². The fraction of sp³-hybridized carbons (Fsp3) is 0.500. The minimum Gasteiger partial charge on any atom is -0.468 e. The number of esters is 1. The van der Waals surface area contributed by atoms with Crippen molar-refractivity contribution < 1.29 is 22.7 Å². The minimum atomic E-state index is -3.76.